The summed E-state index contributed by atoms with van der Waals surface area (Å²) in [6, 6.07) is 1.58. The van der Waals surface area contributed by atoms with E-state index in [1.54, 1.807) is 19.4 Å². The Morgan fingerprint density at radius 2 is 2.38 bits per heavy atom. The number of hydrogen-bond acceptors (Lipinski definition) is 5. The highest BCUT2D eigenvalue weighted by Gasteiger charge is 2.03. The maximum Gasteiger partial charge on any atom is 0.268 e. The summed E-state index contributed by atoms with van der Waals surface area (Å²) in [6.45, 7) is 1.88. The van der Waals surface area contributed by atoms with Crippen LogP contribution < -0.4 is 10.5 Å². The van der Waals surface area contributed by atoms with Crippen LogP contribution >= 0.6 is 12.6 Å². The van der Waals surface area contributed by atoms with Gasteiger partial charge in [0, 0.05) is 32.5 Å². The summed E-state index contributed by atoms with van der Waals surface area (Å²) in [5, 5.41) is 4.07. The molecule has 0 unspecified atom stereocenters. The first-order valence-electron chi connectivity index (χ1n) is 5.07. The van der Waals surface area contributed by atoms with E-state index in [4.69, 9.17) is 4.74 Å². The van der Waals surface area contributed by atoms with Gasteiger partial charge in [0.2, 0.25) is 0 Å². The molecule has 0 spiro atoms. The fraction of sp³-hybridized carbons (Fsp3) is 0.600. The molecule has 16 heavy (non-hydrogen) atoms. The van der Waals surface area contributed by atoms with Gasteiger partial charge in [0.15, 0.2) is 0 Å². The van der Waals surface area contributed by atoms with Crippen molar-refractivity contribution in [2.24, 2.45) is 0 Å². The molecule has 0 fully saturated rings. The van der Waals surface area contributed by atoms with Crippen LogP contribution in [0.5, 0.6) is 0 Å². The van der Waals surface area contributed by atoms with Crippen molar-refractivity contribution in [1.29, 1.82) is 0 Å². The van der Waals surface area contributed by atoms with Gasteiger partial charge in [0.05, 0.1) is 25.0 Å². The first kappa shape index (κ1) is 13.1. The Bertz CT molecular complexity index is 381. The van der Waals surface area contributed by atoms with E-state index < -0.39 is 0 Å². The monoisotopic (exact) mass is 243 g/mol. The largest absolute Gasteiger partial charge is 0.383 e. The van der Waals surface area contributed by atoms with Gasteiger partial charge in [0.25, 0.3) is 5.56 Å². The van der Waals surface area contributed by atoms with Gasteiger partial charge in [-0.15, -0.1) is 0 Å². The first-order valence-corrected chi connectivity index (χ1v) is 5.70. The molecule has 90 valence electrons. The van der Waals surface area contributed by atoms with Crippen molar-refractivity contribution in [2.45, 2.75) is 6.54 Å². The Morgan fingerprint density at radius 3 is 2.94 bits per heavy atom. The molecule has 0 N–H and O–H groups in total. The number of likely N-dealkylation sites (N-methyl/N-ethyl adjacent to an activating group) is 1. The average Bonchev–Trinajstić information content (AvgIpc) is 2.29. The Labute approximate surface area is 100 Å². The van der Waals surface area contributed by atoms with Crippen molar-refractivity contribution >= 4 is 18.3 Å². The molecule has 0 aliphatic heterocycles. The lowest BCUT2D eigenvalue weighted by Crippen LogP contribution is -2.27. The highest BCUT2D eigenvalue weighted by Crippen LogP contribution is 2.05. The van der Waals surface area contributed by atoms with E-state index in [0.29, 0.717) is 18.9 Å². The summed E-state index contributed by atoms with van der Waals surface area (Å²) in [5.41, 5.74) is 0.702. The number of aromatic nitrogens is 2. The molecule has 6 heteroatoms. The molecule has 0 saturated heterocycles. The second kappa shape index (κ2) is 6.55. The smallest absolute Gasteiger partial charge is 0.268 e. The maximum absolute atomic E-state index is 11.6. The minimum atomic E-state index is -0.101. The number of aryl methyl sites for hydroxylation is 1. The van der Waals surface area contributed by atoms with Crippen LogP contribution in [0.25, 0.3) is 0 Å². The van der Waals surface area contributed by atoms with Gasteiger partial charge in [-0.2, -0.15) is 17.7 Å². The highest BCUT2D eigenvalue weighted by molar-refractivity contribution is 7.80. The molecule has 0 bridgehead atoms. The van der Waals surface area contributed by atoms with Crippen LogP contribution in [0.1, 0.15) is 0 Å². The van der Waals surface area contributed by atoms with Crippen LogP contribution in [0.15, 0.2) is 17.1 Å². The van der Waals surface area contributed by atoms with Crippen LogP contribution in [0.2, 0.25) is 0 Å². The van der Waals surface area contributed by atoms with E-state index >= 15 is 0 Å². The van der Waals surface area contributed by atoms with Crippen molar-refractivity contribution in [2.75, 3.05) is 38.0 Å². The molecule has 1 aromatic rings. The van der Waals surface area contributed by atoms with E-state index in [2.05, 4.69) is 17.7 Å². The van der Waals surface area contributed by atoms with Crippen molar-refractivity contribution in [3.63, 3.8) is 0 Å². The van der Waals surface area contributed by atoms with E-state index in [9.17, 15) is 4.79 Å². The van der Waals surface area contributed by atoms with Gasteiger partial charge < -0.3 is 9.64 Å². The van der Waals surface area contributed by atoms with Crippen LogP contribution in [0.4, 0.5) is 5.69 Å². The molecule has 5 nitrogen and oxygen atoms in total. The summed E-state index contributed by atoms with van der Waals surface area (Å²) >= 11 is 4.07. The van der Waals surface area contributed by atoms with E-state index in [0.717, 1.165) is 12.2 Å². The zero-order valence-electron chi connectivity index (χ0n) is 9.59. The van der Waals surface area contributed by atoms with E-state index in [1.807, 2.05) is 11.9 Å². The van der Waals surface area contributed by atoms with Crippen molar-refractivity contribution in [3.05, 3.63) is 22.6 Å². The Balaban J connectivity index is 2.76. The molecule has 0 aliphatic carbocycles. The fourth-order valence-electron chi connectivity index (χ4n) is 1.25. The lowest BCUT2D eigenvalue weighted by molar-refractivity contribution is 0.206. The second-order valence-corrected chi connectivity index (χ2v) is 3.86. The third kappa shape index (κ3) is 3.53. The third-order valence-electron chi connectivity index (χ3n) is 2.24. The molecule has 0 amide bonds. The second-order valence-electron chi connectivity index (χ2n) is 3.41. The van der Waals surface area contributed by atoms with Gasteiger partial charge in [-0.1, -0.05) is 0 Å². The summed E-state index contributed by atoms with van der Waals surface area (Å²) in [6.07, 6.45) is 1.68. The molecule has 0 atom stereocenters. The van der Waals surface area contributed by atoms with Gasteiger partial charge in [-0.3, -0.25) is 4.79 Å². The van der Waals surface area contributed by atoms with Crippen molar-refractivity contribution in [1.82, 2.24) is 9.78 Å². The van der Waals surface area contributed by atoms with Gasteiger partial charge >= 0.3 is 0 Å². The number of methoxy groups -OCH3 is 1. The normalized spacial score (nSPS) is 10.4. The zero-order chi connectivity index (χ0) is 12.0. The molecule has 0 radical (unpaired) electrons. The number of ether oxygens (including phenoxy) is 1. The Kier molecular flexibility index (Phi) is 5.34. The first-order chi connectivity index (χ1) is 7.69. The quantitative estimate of drug-likeness (QED) is 0.728. The van der Waals surface area contributed by atoms with Crippen LogP contribution in [-0.2, 0) is 11.3 Å². The number of nitrogens with zero attached hydrogens (tertiary/aromatic N) is 3. The van der Waals surface area contributed by atoms with Gasteiger partial charge in [-0.05, 0) is 0 Å². The van der Waals surface area contributed by atoms with Gasteiger partial charge in [0.1, 0.15) is 0 Å². The molecule has 0 aliphatic rings. The van der Waals surface area contributed by atoms with Crippen molar-refractivity contribution in [3.8, 4) is 0 Å². The zero-order valence-corrected chi connectivity index (χ0v) is 10.5. The number of anilines is 1. The Hall–Kier alpha value is -1.01. The summed E-state index contributed by atoms with van der Waals surface area (Å²) in [5.74, 6) is 0.603. The summed E-state index contributed by atoms with van der Waals surface area (Å²) in [4.78, 5) is 13.6. The van der Waals surface area contributed by atoms with Crippen molar-refractivity contribution < 1.29 is 4.74 Å². The topological polar surface area (TPSA) is 47.4 Å². The van der Waals surface area contributed by atoms with Crippen LogP contribution in [0, 0.1) is 0 Å². The molecule has 1 heterocycles. The molecule has 0 aromatic carbocycles. The van der Waals surface area contributed by atoms with Gasteiger partial charge in [-0.25, -0.2) is 4.68 Å². The third-order valence-corrected chi connectivity index (χ3v) is 2.44. The highest BCUT2D eigenvalue weighted by atomic mass is 32.1. The number of thiol groups is 1. The number of rotatable bonds is 6. The molecule has 1 aromatic heterocycles. The lowest BCUT2D eigenvalue weighted by atomic mass is 10.4. The van der Waals surface area contributed by atoms with E-state index in [-0.39, 0.29) is 5.56 Å². The average molecular weight is 243 g/mol. The van der Waals surface area contributed by atoms with Crippen LogP contribution in [0.3, 0.4) is 0 Å². The molecular weight excluding hydrogens is 226 g/mol. The minimum Gasteiger partial charge on any atom is -0.383 e. The fourth-order valence-corrected chi connectivity index (χ4v) is 1.44. The predicted molar refractivity (Wildman–Crippen MR) is 67.5 cm³/mol. The predicted octanol–water partition coefficient (Wildman–Crippen LogP) is 0.256. The maximum atomic E-state index is 11.6. The minimum absolute atomic E-state index is 0.101. The summed E-state index contributed by atoms with van der Waals surface area (Å²) in [7, 11) is 3.55. The Morgan fingerprint density at radius 1 is 1.62 bits per heavy atom. The SMILES string of the molecule is COCCN(C)c1cnn(CCS)c(=O)c1. The molecule has 1 rings (SSSR count). The lowest BCUT2D eigenvalue weighted by Gasteiger charge is -2.18. The van der Waals surface area contributed by atoms with Crippen LogP contribution in [-0.4, -0.2) is 42.8 Å². The molecular formula is C10H17N3O2S. The summed E-state index contributed by atoms with van der Waals surface area (Å²) < 4.78 is 6.37. The standard InChI is InChI=1S/C10H17N3O2S/c1-12(3-5-15-2)9-7-10(14)13(4-6-16)11-8-9/h7-8,16H,3-6H2,1-2H3. The molecule has 0 saturated carbocycles. The number of hydrogen-bond donors (Lipinski definition) is 1. The van der Waals surface area contributed by atoms with E-state index in [1.165, 1.54) is 4.68 Å².